The zero-order valence-electron chi connectivity index (χ0n) is 15.9. The van der Waals surface area contributed by atoms with E-state index < -0.39 is 12.0 Å². The summed E-state index contributed by atoms with van der Waals surface area (Å²) in [7, 11) is 0. The first-order valence-electron chi connectivity index (χ1n) is 9.52. The van der Waals surface area contributed by atoms with Crippen LogP contribution < -0.4 is 5.32 Å². The third-order valence-corrected chi connectivity index (χ3v) is 4.97. The van der Waals surface area contributed by atoms with Gasteiger partial charge in [0.25, 0.3) is 0 Å². The van der Waals surface area contributed by atoms with Crippen LogP contribution in [0.1, 0.15) is 37.3 Å². The molecule has 1 unspecified atom stereocenters. The average Bonchev–Trinajstić information content (AvgIpc) is 2.86. The minimum atomic E-state index is -0.889. The minimum Gasteiger partial charge on any atom is -0.480 e. The second-order valence-electron chi connectivity index (χ2n) is 7.00. The molecule has 0 aliphatic carbocycles. The molecule has 1 aliphatic heterocycles. The summed E-state index contributed by atoms with van der Waals surface area (Å²) in [6.07, 6.45) is 2.25. The van der Waals surface area contributed by atoms with E-state index in [-0.39, 0.29) is 12.5 Å². The van der Waals surface area contributed by atoms with Gasteiger partial charge in [-0.25, -0.2) is 0 Å². The van der Waals surface area contributed by atoms with Crippen molar-refractivity contribution in [3.8, 4) is 0 Å². The van der Waals surface area contributed by atoms with Crippen LogP contribution in [0.4, 0.5) is 0 Å². The van der Waals surface area contributed by atoms with Crippen LogP contribution in [0.15, 0.2) is 24.3 Å². The number of hydrogen-bond donors (Lipinski definition) is 2. The smallest absolute Gasteiger partial charge is 0.320 e. The van der Waals surface area contributed by atoms with Gasteiger partial charge in [0.05, 0.1) is 6.54 Å². The second kappa shape index (κ2) is 10.3. The van der Waals surface area contributed by atoms with E-state index in [1.165, 1.54) is 11.1 Å². The zero-order valence-corrected chi connectivity index (χ0v) is 15.9. The highest BCUT2D eigenvalue weighted by Gasteiger charge is 2.22. The summed E-state index contributed by atoms with van der Waals surface area (Å²) >= 11 is 0. The topological polar surface area (TPSA) is 72.9 Å². The van der Waals surface area contributed by atoms with Crippen LogP contribution >= 0.6 is 0 Å². The number of rotatable bonds is 8. The largest absolute Gasteiger partial charge is 0.480 e. The van der Waals surface area contributed by atoms with Crippen LogP contribution in [0.2, 0.25) is 0 Å². The number of nitrogens with zero attached hydrogens (tertiary/aromatic N) is 2. The Morgan fingerprint density at radius 2 is 1.96 bits per heavy atom. The van der Waals surface area contributed by atoms with Gasteiger partial charge in [-0.05, 0) is 30.9 Å². The fraction of sp³-hybridized carbons (Fsp3) is 0.600. The Kier molecular flexibility index (Phi) is 8.06. The van der Waals surface area contributed by atoms with E-state index >= 15 is 0 Å². The number of carboxylic acid groups (broad SMARTS) is 1. The van der Waals surface area contributed by atoms with Crippen molar-refractivity contribution in [3.05, 3.63) is 35.4 Å². The van der Waals surface area contributed by atoms with Crippen LogP contribution in [-0.2, 0) is 16.1 Å². The molecule has 1 heterocycles. The number of benzene rings is 1. The lowest BCUT2D eigenvalue weighted by molar-refractivity contribution is -0.140. The summed E-state index contributed by atoms with van der Waals surface area (Å²) in [5, 5.41) is 12.1. The van der Waals surface area contributed by atoms with Gasteiger partial charge in [0, 0.05) is 32.7 Å². The Bertz CT molecular complexity index is 606. The van der Waals surface area contributed by atoms with Gasteiger partial charge >= 0.3 is 5.97 Å². The molecule has 1 amide bonds. The molecule has 2 rings (SSSR count). The molecule has 0 aromatic heterocycles. The molecule has 0 radical (unpaired) electrons. The van der Waals surface area contributed by atoms with Crippen molar-refractivity contribution in [1.82, 2.24) is 15.1 Å². The van der Waals surface area contributed by atoms with E-state index in [0.29, 0.717) is 13.0 Å². The van der Waals surface area contributed by atoms with Crippen LogP contribution in [0.5, 0.6) is 0 Å². The summed E-state index contributed by atoms with van der Waals surface area (Å²) < 4.78 is 0. The number of aliphatic carboxylic acids is 1. The van der Waals surface area contributed by atoms with Crippen molar-refractivity contribution in [2.75, 3.05) is 32.7 Å². The number of amides is 1. The third-order valence-electron chi connectivity index (χ3n) is 4.97. The number of carboxylic acids is 1. The van der Waals surface area contributed by atoms with Gasteiger partial charge < -0.3 is 10.0 Å². The molecule has 1 aromatic rings. The van der Waals surface area contributed by atoms with E-state index in [4.69, 9.17) is 0 Å². The first-order valence-corrected chi connectivity index (χ1v) is 9.52. The lowest BCUT2D eigenvalue weighted by Crippen LogP contribution is -2.45. The van der Waals surface area contributed by atoms with E-state index in [1.807, 2.05) is 11.8 Å². The molecule has 1 aromatic carbocycles. The van der Waals surface area contributed by atoms with Gasteiger partial charge in [0.15, 0.2) is 0 Å². The number of carbonyl (C=O) groups is 2. The standard InChI is InChI=1S/C20H31N3O3/c1-3-7-18(20(25)26)21-14-19(24)23-11-6-10-22(12-13-23)15-17-9-5-4-8-16(17)2/h4-5,8-9,18,21H,3,6-7,10-15H2,1-2H3,(H,25,26). The third kappa shape index (κ3) is 6.11. The Balaban J connectivity index is 1.82. The summed E-state index contributed by atoms with van der Waals surface area (Å²) in [4.78, 5) is 27.9. The predicted molar refractivity (Wildman–Crippen MR) is 102 cm³/mol. The van der Waals surface area contributed by atoms with Crippen molar-refractivity contribution in [2.24, 2.45) is 0 Å². The van der Waals surface area contributed by atoms with E-state index in [1.54, 1.807) is 0 Å². The first-order chi connectivity index (χ1) is 12.5. The summed E-state index contributed by atoms with van der Waals surface area (Å²) in [6, 6.07) is 7.76. The van der Waals surface area contributed by atoms with Crippen LogP contribution in [-0.4, -0.2) is 65.5 Å². The SMILES string of the molecule is CCCC(NCC(=O)N1CCCN(Cc2ccccc2C)CC1)C(=O)O. The van der Waals surface area contributed by atoms with Crippen molar-refractivity contribution >= 4 is 11.9 Å². The Morgan fingerprint density at radius 3 is 2.65 bits per heavy atom. The average molecular weight is 361 g/mol. The molecule has 0 spiro atoms. The fourth-order valence-electron chi connectivity index (χ4n) is 3.33. The van der Waals surface area contributed by atoms with E-state index in [2.05, 4.69) is 41.4 Å². The molecule has 1 saturated heterocycles. The molecule has 6 nitrogen and oxygen atoms in total. The summed E-state index contributed by atoms with van der Waals surface area (Å²) in [5.74, 6) is -0.898. The van der Waals surface area contributed by atoms with Gasteiger partial charge in [0.2, 0.25) is 5.91 Å². The molecular formula is C20H31N3O3. The quantitative estimate of drug-likeness (QED) is 0.740. The minimum absolute atomic E-state index is 0.00917. The van der Waals surface area contributed by atoms with E-state index in [9.17, 15) is 14.7 Å². The summed E-state index contributed by atoms with van der Waals surface area (Å²) in [5.41, 5.74) is 2.63. The highest BCUT2D eigenvalue weighted by molar-refractivity contribution is 5.80. The van der Waals surface area contributed by atoms with Gasteiger partial charge in [-0.3, -0.25) is 19.8 Å². The van der Waals surface area contributed by atoms with Crippen molar-refractivity contribution in [2.45, 2.75) is 45.7 Å². The van der Waals surface area contributed by atoms with Crippen LogP contribution in [0.25, 0.3) is 0 Å². The normalized spacial score (nSPS) is 16.9. The van der Waals surface area contributed by atoms with Crippen molar-refractivity contribution < 1.29 is 14.7 Å². The summed E-state index contributed by atoms with van der Waals surface area (Å²) in [6.45, 7) is 8.31. The molecular weight excluding hydrogens is 330 g/mol. The van der Waals surface area contributed by atoms with E-state index in [0.717, 1.165) is 39.0 Å². The molecule has 0 bridgehead atoms. The maximum Gasteiger partial charge on any atom is 0.320 e. The molecule has 144 valence electrons. The predicted octanol–water partition coefficient (Wildman–Crippen LogP) is 1.87. The number of hydrogen-bond acceptors (Lipinski definition) is 4. The van der Waals surface area contributed by atoms with Crippen LogP contribution in [0, 0.1) is 6.92 Å². The fourth-order valence-corrected chi connectivity index (χ4v) is 3.33. The number of carbonyl (C=O) groups excluding carboxylic acids is 1. The Hall–Kier alpha value is -1.92. The monoisotopic (exact) mass is 361 g/mol. The molecule has 6 heteroatoms. The second-order valence-corrected chi connectivity index (χ2v) is 7.00. The molecule has 2 N–H and O–H groups in total. The number of aryl methyl sites for hydroxylation is 1. The Labute approximate surface area is 156 Å². The van der Waals surface area contributed by atoms with Crippen molar-refractivity contribution in [3.63, 3.8) is 0 Å². The highest BCUT2D eigenvalue weighted by Crippen LogP contribution is 2.13. The Morgan fingerprint density at radius 1 is 1.19 bits per heavy atom. The maximum absolute atomic E-state index is 12.5. The molecule has 26 heavy (non-hydrogen) atoms. The van der Waals surface area contributed by atoms with Gasteiger partial charge in [0.1, 0.15) is 6.04 Å². The molecule has 1 atom stereocenters. The zero-order chi connectivity index (χ0) is 18.9. The van der Waals surface area contributed by atoms with Gasteiger partial charge in [-0.15, -0.1) is 0 Å². The lowest BCUT2D eigenvalue weighted by atomic mass is 10.1. The van der Waals surface area contributed by atoms with Crippen molar-refractivity contribution in [1.29, 1.82) is 0 Å². The van der Waals surface area contributed by atoms with Crippen LogP contribution in [0.3, 0.4) is 0 Å². The lowest BCUT2D eigenvalue weighted by Gasteiger charge is -2.23. The molecule has 1 aliphatic rings. The highest BCUT2D eigenvalue weighted by atomic mass is 16.4. The number of nitrogens with one attached hydrogen (secondary N) is 1. The molecule has 0 saturated carbocycles. The van der Waals surface area contributed by atoms with Gasteiger partial charge in [-0.2, -0.15) is 0 Å². The van der Waals surface area contributed by atoms with Gasteiger partial charge in [-0.1, -0.05) is 37.6 Å². The molecule has 1 fully saturated rings. The maximum atomic E-state index is 12.5. The first kappa shape index (κ1) is 20.4.